The van der Waals surface area contributed by atoms with Crippen LogP contribution in [0, 0.1) is 0 Å². The molecule has 0 unspecified atom stereocenters. The van der Waals surface area contributed by atoms with Gasteiger partial charge in [-0.25, -0.2) is 0 Å². The second-order valence-electron chi connectivity index (χ2n) is 2.68. The molecule has 0 aromatic heterocycles. The van der Waals surface area contributed by atoms with Crippen molar-refractivity contribution < 1.29 is 58.8 Å². The molecule has 5 heteroatoms. The van der Waals surface area contributed by atoms with Gasteiger partial charge in [0.1, 0.15) is 0 Å². The average molecular weight is 244 g/mol. The number of halogens is 3. The molecule has 0 aliphatic rings. The predicted octanol–water partition coefficient (Wildman–Crippen LogP) is -8.67. The van der Waals surface area contributed by atoms with Gasteiger partial charge >= 0.3 is 17.1 Å². The van der Waals surface area contributed by atoms with E-state index in [-0.39, 0.29) is 54.3 Å². The van der Waals surface area contributed by atoms with Crippen LogP contribution >= 0.6 is 0 Å². The minimum Gasteiger partial charge on any atom is -1.00 e. The van der Waals surface area contributed by atoms with Crippen molar-refractivity contribution in [1.29, 1.82) is 0 Å². The Morgan fingerprint density at radius 2 is 0.667 bits per heavy atom. The van der Waals surface area contributed by atoms with Crippen LogP contribution in [0.4, 0.5) is 0 Å². The van der Waals surface area contributed by atoms with E-state index in [0.717, 1.165) is 4.48 Å². The van der Waals surface area contributed by atoms with Crippen LogP contribution in [0.5, 0.6) is 0 Å². The van der Waals surface area contributed by atoms with Crippen molar-refractivity contribution in [2.45, 2.75) is 0 Å². The Bertz CT molecular complexity index is 31.3. The molecule has 0 aliphatic carbocycles. The van der Waals surface area contributed by atoms with Gasteiger partial charge in [-0.3, -0.25) is 0 Å². The summed E-state index contributed by atoms with van der Waals surface area (Å²) >= 11 is 0. The van der Waals surface area contributed by atoms with Gasteiger partial charge in [-0.2, -0.15) is 0 Å². The molecule has 0 atom stereocenters. The SMILES string of the molecule is C[N+](C)(C)C.[Cl-].[Cl-].[Cl-].[Cu+2]. The molecule has 0 aromatic carbocycles. The van der Waals surface area contributed by atoms with Crippen molar-refractivity contribution >= 4 is 0 Å². The number of quaternary nitrogens is 1. The molecule has 0 fully saturated rings. The van der Waals surface area contributed by atoms with Crippen molar-refractivity contribution in [3.05, 3.63) is 0 Å². The van der Waals surface area contributed by atoms with E-state index < -0.39 is 0 Å². The van der Waals surface area contributed by atoms with E-state index in [9.17, 15) is 0 Å². The third-order valence-electron chi connectivity index (χ3n) is 0. The molecule has 0 saturated heterocycles. The topological polar surface area (TPSA) is 0 Å². The molecule has 1 nitrogen and oxygen atoms in total. The molecule has 0 bridgehead atoms. The second-order valence-corrected chi connectivity index (χ2v) is 2.68. The van der Waals surface area contributed by atoms with E-state index in [1.54, 1.807) is 0 Å². The molecular weight excluding hydrogens is 232 g/mol. The van der Waals surface area contributed by atoms with Crippen LogP contribution in [-0.4, -0.2) is 32.7 Å². The summed E-state index contributed by atoms with van der Waals surface area (Å²) in [6.45, 7) is 0. The average Bonchev–Trinajstić information content (AvgIpc) is 0.722. The fourth-order valence-corrected chi connectivity index (χ4v) is 0. The molecule has 0 rings (SSSR count). The molecular formula is C4H12Cl3CuN. The summed E-state index contributed by atoms with van der Waals surface area (Å²) in [6, 6.07) is 0. The van der Waals surface area contributed by atoms with Crippen LogP contribution < -0.4 is 37.2 Å². The van der Waals surface area contributed by atoms with Crippen molar-refractivity contribution in [3.63, 3.8) is 0 Å². The summed E-state index contributed by atoms with van der Waals surface area (Å²) < 4.78 is 1.00. The van der Waals surface area contributed by atoms with E-state index in [0.29, 0.717) is 0 Å². The second kappa shape index (κ2) is 12.1. The van der Waals surface area contributed by atoms with E-state index in [1.165, 1.54) is 0 Å². The maximum Gasteiger partial charge on any atom is 2.00 e. The summed E-state index contributed by atoms with van der Waals surface area (Å²) in [6.07, 6.45) is 0. The Kier molecular flexibility index (Phi) is 42.4. The van der Waals surface area contributed by atoms with Crippen LogP contribution in [-0.2, 0) is 17.1 Å². The zero-order valence-electron chi connectivity index (χ0n) is 5.88. The molecule has 0 saturated carbocycles. The smallest absolute Gasteiger partial charge is 1.00 e. The molecule has 9 heavy (non-hydrogen) atoms. The maximum absolute atomic E-state index is 2.12. The van der Waals surface area contributed by atoms with Crippen LogP contribution in [0.1, 0.15) is 0 Å². The predicted molar refractivity (Wildman–Crippen MR) is 24.0 cm³/mol. The first-order chi connectivity index (χ1) is 2.00. The van der Waals surface area contributed by atoms with Gasteiger partial charge < -0.3 is 41.7 Å². The number of nitrogens with zero attached hydrogens (tertiary/aromatic N) is 1. The summed E-state index contributed by atoms with van der Waals surface area (Å²) in [5, 5.41) is 0. The van der Waals surface area contributed by atoms with Gasteiger partial charge in [-0.05, 0) is 0 Å². The first kappa shape index (κ1) is 31.6. The number of hydrogen-bond donors (Lipinski definition) is 0. The summed E-state index contributed by atoms with van der Waals surface area (Å²) in [4.78, 5) is 0. The molecule has 0 heterocycles. The standard InChI is InChI=1S/C4H12N.3ClH.Cu/c1-5(2,3)4;;;;/h1-4H3;3*1H;/q+1;;;;+2/p-3. The monoisotopic (exact) mass is 242 g/mol. The normalized spacial score (nSPS) is 6.67. The van der Waals surface area contributed by atoms with Gasteiger partial charge in [0.2, 0.25) is 0 Å². The van der Waals surface area contributed by atoms with Crippen molar-refractivity contribution in [1.82, 2.24) is 0 Å². The summed E-state index contributed by atoms with van der Waals surface area (Å²) in [7, 11) is 8.50. The van der Waals surface area contributed by atoms with Gasteiger partial charge in [-0.15, -0.1) is 0 Å². The van der Waals surface area contributed by atoms with E-state index in [2.05, 4.69) is 28.2 Å². The molecule has 0 amide bonds. The largest absolute Gasteiger partial charge is 2.00 e. The first-order valence-electron chi connectivity index (χ1n) is 1.79. The van der Waals surface area contributed by atoms with Crippen LogP contribution in [0.15, 0.2) is 0 Å². The van der Waals surface area contributed by atoms with E-state index >= 15 is 0 Å². The number of hydrogen-bond acceptors (Lipinski definition) is 0. The van der Waals surface area contributed by atoms with Crippen LogP contribution in [0.3, 0.4) is 0 Å². The first-order valence-corrected chi connectivity index (χ1v) is 1.79. The Balaban J connectivity index is -0.0000000133. The van der Waals surface area contributed by atoms with Crippen molar-refractivity contribution in [2.75, 3.05) is 28.2 Å². The third-order valence-corrected chi connectivity index (χ3v) is 0. The zero-order chi connectivity index (χ0) is 4.50. The third kappa shape index (κ3) is 277. The summed E-state index contributed by atoms with van der Waals surface area (Å²) in [5.74, 6) is 0. The number of rotatable bonds is 0. The minimum absolute atomic E-state index is 0. The van der Waals surface area contributed by atoms with Gasteiger partial charge in [0, 0.05) is 0 Å². The molecule has 1 radical (unpaired) electrons. The Morgan fingerprint density at radius 1 is 0.667 bits per heavy atom. The maximum atomic E-state index is 2.12. The molecule has 0 N–H and O–H groups in total. The van der Waals surface area contributed by atoms with Gasteiger partial charge in [-0.1, -0.05) is 0 Å². The molecule has 65 valence electrons. The Morgan fingerprint density at radius 3 is 0.667 bits per heavy atom. The van der Waals surface area contributed by atoms with Crippen molar-refractivity contribution in [3.8, 4) is 0 Å². The van der Waals surface area contributed by atoms with E-state index in [1.807, 2.05) is 0 Å². The molecule has 0 aliphatic heterocycles. The van der Waals surface area contributed by atoms with Gasteiger partial charge in [0.15, 0.2) is 0 Å². The molecule has 0 aromatic rings. The fraction of sp³-hybridized carbons (Fsp3) is 1.00. The van der Waals surface area contributed by atoms with Crippen LogP contribution in [0.25, 0.3) is 0 Å². The minimum atomic E-state index is 0. The van der Waals surface area contributed by atoms with Gasteiger partial charge in [0.05, 0.1) is 28.2 Å². The molecule has 0 spiro atoms. The fourth-order valence-electron chi connectivity index (χ4n) is 0. The van der Waals surface area contributed by atoms with Crippen LogP contribution in [0.2, 0.25) is 0 Å². The Hall–Kier alpha value is 1.35. The zero-order valence-corrected chi connectivity index (χ0v) is 9.09. The Labute approximate surface area is 86.9 Å². The summed E-state index contributed by atoms with van der Waals surface area (Å²) in [5.41, 5.74) is 0. The van der Waals surface area contributed by atoms with Gasteiger partial charge in [0.25, 0.3) is 0 Å². The quantitative estimate of drug-likeness (QED) is 0.293. The van der Waals surface area contributed by atoms with E-state index in [4.69, 9.17) is 0 Å². The van der Waals surface area contributed by atoms with Crippen molar-refractivity contribution in [2.24, 2.45) is 0 Å².